The Morgan fingerprint density at radius 3 is 2.45 bits per heavy atom. The molecule has 0 aromatic heterocycles. The molecule has 2 unspecified atom stereocenters. The molecule has 6 heteroatoms. The van der Waals surface area contributed by atoms with Crippen molar-refractivity contribution in [3.8, 4) is 0 Å². The van der Waals surface area contributed by atoms with Gasteiger partial charge in [-0.05, 0) is 19.3 Å². The molecular formula is C14H25N3O3. The summed E-state index contributed by atoms with van der Waals surface area (Å²) in [6, 6.07) is 0.164. The molecule has 3 N–H and O–H groups in total. The fourth-order valence-electron chi connectivity index (χ4n) is 3.34. The predicted molar refractivity (Wildman–Crippen MR) is 75.1 cm³/mol. The van der Waals surface area contributed by atoms with Gasteiger partial charge in [-0.2, -0.15) is 0 Å². The maximum Gasteiger partial charge on any atom is 0.314 e. The summed E-state index contributed by atoms with van der Waals surface area (Å²) in [4.78, 5) is 24.7. The molecule has 1 aliphatic heterocycles. The molecule has 114 valence electrons. The number of amides is 2. The van der Waals surface area contributed by atoms with E-state index < -0.39 is 6.03 Å². The quantitative estimate of drug-likeness (QED) is 0.752. The van der Waals surface area contributed by atoms with Crippen molar-refractivity contribution >= 4 is 12.0 Å². The summed E-state index contributed by atoms with van der Waals surface area (Å²) in [6.45, 7) is 0.949. The third-order valence-corrected chi connectivity index (χ3v) is 4.37. The van der Waals surface area contributed by atoms with Crippen molar-refractivity contribution in [3.63, 3.8) is 0 Å². The summed E-state index contributed by atoms with van der Waals surface area (Å²) in [5, 5.41) is 3.59. The third-order valence-electron chi connectivity index (χ3n) is 4.37. The number of carbonyl (C=O) groups excluding carboxylic acids is 2. The van der Waals surface area contributed by atoms with E-state index in [0.717, 1.165) is 0 Å². The average molecular weight is 283 g/mol. The molecule has 0 radical (unpaired) electrons. The maximum absolute atomic E-state index is 11.7. The van der Waals surface area contributed by atoms with Gasteiger partial charge in [0.05, 0.1) is 13.0 Å². The molecule has 2 amide bonds. The lowest BCUT2D eigenvalue weighted by atomic mass is 9.91. The first-order valence-corrected chi connectivity index (χ1v) is 7.48. The Balaban J connectivity index is 1.95. The molecule has 2 rings (SSSR count). The lowest BCUT2D eigenvalue weighted by Crippen LogP contribution is -2.56. The second-order valence-corrected chi connectivity index (χ2v) is 5.90. The number of carbonyl (C=O) groups is 2. The molecule has 1 heterocycles. The number of primary amides is 1. The van der Waals surface area contributed by atoms with Crippen molar-refractivity contribution in [2.75, 3.05) is 20.2 Å². The third kappa shape index (κ3) is 3.85. The van der Waals surface area contributed by atoms with Crippen LogP contribution in [0.1, 0.15) is 38.5 Å². The summed E-state index contributed by atoms with van der Waals surface area (Å²) >= 11 is 0. The van der Waals surface area contributed by atoms with Crippen molar-refractivity contribution in [1.29, 1.82) is 0 Å². The van der Waals surface area contributed by atoms with Gasteiger partial charge in [0, 0.05) is 25.2 Å². The van der Waals surface area contributed by atoms with Gasteiger partial charge in [0.1, 0.15) is 0 Å². The Hall–Kier alpha value is -1.30. The lowest BCUT2D eigenvalue weighted by molar-refractivity contribution is -0.147. The van der Waals surface area contributed by atoms with Crippen LogP contribution in [0.3, 0.4) is 0 Å². The summed E-state index contributed by atoms with van der Waals surface area (Å²) in [7, 11) is 1.38. The average Bonchev–Trinajstić information content (AvgIpc) is 2.47. The Morgan fingerprint density at radius 1 is 1.15 bits per heavy atom. The zero-order valence-electron chi connectivity index (χ0n) is 12.1. The van der Waals surface area contributed by atoms with Gasteiger partial charge in [-0.1, -0.05) is 19.3 Å². The van der Waals surface area contributed by atoms with Gasteiger partial charge in [-0.3, -0.25) is 4.79 Å². The molecule has 20 heavy (non-hydrogen) atoms. The summed E-state index contributed by atoms with van der Waals surface area (Å²) < 4.78 is 4.81. The van der Waals surface area contributed by atoms with Crippen LogP contribution in [0.25, 0.3) is 0 Å². The first kappa shape index (κ1) is 15.1. The Bertz CT molecular complexity index is 356. The van der Waals surface area contributed by atoms with Gasteiger partial charge in [-0.25, -0.2) is 4.79 Å². The second kappa shape index (κ2) is 6.92. The van der Waals surface area contributed by atoms with Crippen molar-refractivity contribution in [2.24, 2.45) is 11.7 Å². The number of hydrogen-bond acceptors (Lipinski definition) is 4. The number of esters is 1. The molecule has 0 bridgehead atoms. The van der Waals surface area contributed by atoms with E-state index in [4.69, 9.17) is 10.5 Å². The van der Waals surface area contributed by atoms with E-state index in [0.29, 0.717) is 25.6 Å². The number of ether oxygens (including phenoxy) is 1. The van der Waals surface area contributed by atoms with Crippen LogP contribution < -0.4 is 11.1 Å². The fourth-order valence-corrected chi connectivity index (χ4v) is 3.34. The molecule has 1 aliphatic carbocycles. The van der Waals surface area contributed by atoms with E-state index in [-0.39, 0.29) is 17.9 Å². The van der Waals surface area contributed by atoms with E-state index >= 15 is 0 Å². The SMILES string of the molecule is COC(=O)C1CC(NC2CCCCC2)CN(C(N)=O)C1. The normalized spacial score (nSPS) is 28.1. The highest BCUT2D eigenvalue weighted by Gasteiger charge is 2.34. The minimum absolute atomic E-state index is 0.128. The zero-order chi connectivity index (χ0) is 14.5. The molecule has 2 atom stereocenters. The van der Waals surface area contributed by atoms with Gasteiger partial charge in [0.25, 0.3) is 0 Å². The maximum atomic E-state index is 11.7. The second-order valence-electron chi connectivity index (χ2n) is 5.90. The number of methoxy groups -OCH3 is 1. The van der Waals surface area contributed by atoms with Crippen molar-refractivity contribution in [3.05, 3.63) is 0 Å². The van der Waals surface area contributed by atoms with Gasteiger partial charge in [0.2, 0.25) is 0 Å². The van der Waals surface area contributed by atoms with E-state index in [1.165, 1.54) is 39.2 Å². The number of nitrogens with two attached hydrogens (primary N) is 1. The first-order valence-electron chi connectivity index (χ1n) is 7.48. The number of nitrogens with one attached hydrogen (secondary N) is 1. The van der Waals surface area contributed by atoms with E-state index in [1.54, 1.807) is 4.90 Å². The summed E-state index contributed by atoms with van der Waals surface area (Å²) in [5.41, 5.74) is 5.37. The number of nitrogens with zero attached hydrogens (tertiary/aromatic N) is 1. The Labute approximate surface area is 120 Å². The number of piperidine rings is 1. The highest BCUT2D eigenvalue weighted by atomic mass is 16.5. The van der Waals surface area contributed by atoms with Crippen molar-refractivity contribution in [2.45, 2.75) is 50.6 Å². The predicted octanol–water partition coefficient (Wildman–Crippen LogP) is 0.851. The summed E-state index contributed by atoms with van der Waals surface area (Å²) in [5.74, 6) is -0.534. The topological polar surface area (TPSA) is 84.7 Å². The van der Waals surface area contributed by atoms with Crippen LogP contribution in [-0.4, -0.2) is 49.2 Å². The molecule has 2 fully saturated rings. The number of rotatable bonds is 3. The monoisotopic (exact) mass is 283 g/mol. The summed E-state index contributed by atoms with van der Waals surface area (Å²) in [6.07, 6.45) is 6.88. The molecule has 0 spiro atoms. The van der Waals surface area contributed by atoms with E-state index in [2.05, 4.69) is 5.32 Å². The molecule has 0 aromatic carbocycles. The van der Waals surface area contributed by atoms with Crippen LogP contribution in [0.15, 0.2) is 0 Å². The number of likely N-dealkylation sites (tertiary alicyclic amines) is 1. The highest BCUT2D eigenvalue weighted by molar-refractivity contribution is 5.76. The van der Waals surface area contributed by atoms with Crippen LogP contribution in [0.5, 0.6) is 0 Å². The van der Waals surface area contributed by atoms with Crippen molar-refractivity contribution in [1.82, 2.24) is 10.2 Å². The molecule has 1 saturated carbocycles. The zero-order valence-corrected chi connectivity index (χ0v) is 12.1. The Morgan fingerprint density at radius 2 is 1.85 bits per heavy atom. The first-order chi connectivity index (χ1) is 9.60. The molecule has 0 aromatic rings. The molecular weight excluding hydrogens is 258 g/mol. The van der Waals surface area contributed by atoms with Crippen LogP contribution in [0.4, 0.5) is 4.79 Å². The van der Waals surface area contributed by atoms with E-state index in [1.807, 2.05) is 0 Å². The van der Waals surface area contributed by atoms with Gasteiger partial charge in [0.15, 0.2) is 0 Å². The van der Waals surface area contributed by atoms with Crippen LogP contribution in [0, 0.1) is 5.92 Å². The molecule has 1 saturated heterocycles. The lowest BCUT2D eigenvalue weighted by Gasteiger charge is -2.38. The van der Waals surface area contributed by atoms with Crippen molar-refractivity contribution < 1.29 is 14.3 Å². The smallest absolute Gasteiger partial charge is 0.314 e. The van der Waals surface area contributed by atoms with Crippen LogP contribution in [-0.2, 0) is 9.53 Å². The van der Waals surface area contributed by atoms with Gasteiger partial charge < -0.3 is 20.7 Å². The van der Waals surface area contributed by atoms with E-state index in [9.17, 15) is 9.59 Å². The minimum atomic E-state index is -0.464. The fraction of sp³-hybridized carbons (Fsp3) is 0.857. The largest absolute Gasteiger partial charge is 0.469 e. The van der Waals surface area contributed by atoms with Gasteiger partial charge >= 0.3 is 12.0 Å². The standard InChI is InChI=1S/C14H25N3O3/c1-20-13(18)10-7-12(9-17(8-10)14(15)19)16-11-5-3-2-4-6-11/h10-12,16H,2-9H2,1H3,(H2,15,19). The number of urea groups is 1. The van der Waals surface area contributed by atoms with Crippen LogP contribution >= 0.6 is 0 Å². The Kier molecular flexibility index (Phi) is 5.23. The van der Waals surface area contributed by atoms with Crippen LogP contribution in [0.2, 0.25) is 0 Å². The number of hydrogen-bond donors (Lipinski definition) is 2. The molecule has 2 aliphatic rings. The van der Waals surface area contributed by atoms with Gasteiger partial charge in [-0.15, -0.1) is 0 Å². The minimum Gasteiger partial charge on any atom is -0.469 e. The molecule has 6 nitrogen and oxygen atoms in total. The highest BCUT2D eigenvalue weighted by Crippen LogP contribution is 2.22.